The van der Waals surface area contributed by atoms with Crippen molar-refractivity contribution >= 4 is 17.2 Å². The van der Waals surface area contributed by atoms with Gasteiger partial charge >= 0.3 is 0 Å². The first-order valence-corrected chi connectivity index (χ1v) is 9.96. The van der Waals surface area contributed by atoms with E-state index in [1.807, 2.05) is 48.5 Å². The average Bonchev–Trinajstić information content (AvgIpc) is 3.17. The molecule has 0 unspecified atom stereocenters. The number of hydrogen-bond acceptors (Lipinski definition) is 4. The third-order valence-corrected chi connectivity index (χ3v) is 4.57. The van der Waals surface area contributed by atoms with Crippen molar-refractivity contribution in [2.24, 2.45) is 16.8 Å². The quantitative estimate of drug-likeness (QED) is 0.543. The molecule has 4 nitrogen and oxygen atoms in total. The van der Waals surface area contributed by atoms with Crippen LogP contribution in [0.15, 0.2) is 53.5 Å². The molecule has 158 valence electrons. The van der Waals surface area contributed by atoms with Crippen LogP contribution in [0.2, 0.25) is 0 Å². The predicted molar refractivity (Wildman–Crippen MR) is 122 cm³/mol. The Kier molecular flexibility index (Phi) is 10.1. The van der Waals surface area contributed by atoms with Gasteiger partial charge in [0.2, 0.25) is 6.79 Å². The predicted octanol–water partition coefficient (Wildman–Crippen LogP) is 7.11. The largest absolute Gasteiger partial charge is 0.454 e. The highest BCUT2D eigenvalue weighted by Gasteiger charge is 2.20. The van der Waals surface area contributed by atoms with E-state index in [1.54, 1.807) is 0 Å². The number of carbonyl (C=O) groups is 1. The number of rotatable bonds is 2. The van der Waals surface area contributed by atoms with Gasteiger partial charge in [-0.15, -0.1) is 0 Å². The van der Waals surface area contributed by atoms with E-state index in [0.29, 0.717) is 19.1 Å². The summed E-state index contributed by atoms with van der Waals surface area (Å²) in [5.41, 5.74) is 2.58. The van der Waals surface area contributed by atoms with Crippen molar-refractivity contribution < 1.29 is 14.3 Å². The van der Waals surface area contributed by atoms with Crippen LogP contribution in [0.25, 0.3) is 0 Å². The summed E-state index contributed by atoms with van der Waals surface area (Å²) in [6, 6.07) is 15.2. The van der Waals surface area contributed by atoms with Crippen molar-refractivity contribution in [3.8, 4) is 11.5 Å². The summed E-state index contributed by atoms with van der Waals surface area (Å²) in [6.45, 7) is 11.1. The number of benzene rings is 2. The first kappa shape index (κ1) is 24.4. The molecule has 0 bridgehead atoms. The summed E-state index contributed by atoms with van der Waals surface area (Å²) < 4.78 is 10.2. The van der Waals surface area contributed by atoms with Gasteiger partial charge in [0.25, 0.3) is 0 Å². The van der Waals surface area contributed by atoms with Crippen molar-refractivity contribution in [2.75, 3.05) is 6.79 Å². The molecule has 2 aliphatic rings. The molecule has 4 heteroatoms. The molecule has 2 aliphatic heterocycles. The van der Waals surface area contributed by atoms with E-state index in [4.69, 9.17) is 9.47 Å². The highest BCUT2D eigenvalue weighted by molar-refractivity contribution is 6.16. The number of nitrogens with zero attached hydrogens (tertiary/aromatic N) is 1. The Bertz CT molecular complexity index is 786. The Morgan fingerprint density at radius 3 is 1.97 bits per heavy atom. The second-order valence-electron chi connectivity index (χ2n) is 7.53. The van der Waals surface area contributed by atoms with E-state index in [2.05, 4.69) is 39.6 Å². The lowest BCUT2D eigenvalue weighted by atomic mass is 9.95. The first-order valence-electron chi connectivity index (χ1n) is 9.96. The van der Waals surface area contributed by atoms with E-state index in [-0.39, 0.29) is 13.2 Å². The zero-order valence-electron chi connectivity index (χ0n) is 17.6. The van der Waals surface area contributed by atoms with Crippen LogP contribution in [0.5, 0.6) is 11.5 Å². The van der Waals surface area contributed by atoms with E-state index < -0.39 is 0 Å². The third-order valence-electron chi connectivity index (χ3n) is 4.57. The van der Waals surface area contributed by atoms with Crippen molar-refractivity contribution in [3.05, 3.63) is 54.1 Å². The summed E-state index contributed by atoms with van der Waals surface area (Å²) >= 11 is 0. The van der Waals surface area contributed by atoms with Gasteiger partial charge in [0.1, 0.15) is 0 Å². The molecule has 0 fully saturated rings. The van der Waals surface area contributed by atoms with Crippen LogP contribution in [0, 0.1) is 11.8 Å². The second-order valence-corrected chi connectivity index (χ2v) is 7.53. The number of ether oxygens (including phenoxy) is 2. The fraction of sp³-hybridized carbons (Fsp3) is 0.440. The van der Waals surface area contributed by atoms with Crippen molar-refractivity contribution in [3.63, 3.8) is 0 Å². The van der Waals surface area contributed by atoms with Gasteiger partial charge < -0.3 is 9.47 Å². The summed E-state index contributed by atoms with van der Waals surface area (Å²) in [5, 5.41) is 0. The molecular formula is C25H35NO3. The van der Waals surface area contributed by atoms with Crippen LogP contribution in [-0.4, -0.2) is 18.3 Å². The average molecular weight is 398 g/mol. The first-order chi connectivity index (χ1) is 13.4. The smallest absolute Gasteiger partial charge is 0.231 e. The number of Topliss-reactive ketones (excluding diaryl/α,β-unsaturated/α-hetero) is 1. The highest BCUT2D eigenvalue weighted by Crippen LogP contribution is 2.30. The lowest BCUT2D eigenvalue weighted by molar-refractivity contribution is 0.0998. The van der Waals surface area contributed by atoms with E-state index in [0.717, 1.165) is 34.4 Å². The van der Waals surface area contributed by atoms with Gasteiger partial charge in [0.15, 0.2) is 17.3 Å². The van der Waals surface area contributed by atoms with Crippen LogP contribution in [0.3, 0.4) is 0 Å². The molecule has 0 N–H and O–H groups in total. The molecular weight excluding hydrogens is 362 g/mol. The SMILES string of the molecule is C.CC(C)C1=Nc2ccccc2C(=O)C1.CCC(C)C.c1ccc2c(c1)OCO2. The lowest BCUT2D eigenvalue weighted by Gasteiger charge is -2.16. The number of fused-ring (bicyclic) bond motifs is 2. The molecule has 0 aliphatic carbocycles. The minimum absolute atomic E-state index is 0. The van der Waals surface area contributed by atoms with Gasteiger partial charge in [-0.2, -0.15) is 0 Å². The molecule has 2 aromatic rings. The van der Waals surface area contributed by atoms with E-state index >= 15 is 0 Å². The summed E-state index contributed by atoms with van der Waals surface area (Å²) in [6.07, 6.45) is 1.79. The molecule has 0 aromatic heterocycles. The topological polar surface area (TPSA) is 47.9 Å². The van der Waals surface area contributed by atoms with Crippen molar-refractivity contribution in [2.45, 2.75) is 54.9 Å². The van der Waals surface area contributed by atoms with Gasteiger partial charge in [-0.1, -0.05) is 72.7 Å². The minimum atomic E-state index is 0. The van der Waals surface area contributed by atoms with E-state index in [9.17, 15) is 4.79 Å². The zero-order chi connectivity index (χ0) is 20.5. The fourth-order valence-corrected chi connectivity index (χ4v) is 2.44. The summed E-state index contributed by atoms with van der Waals surface area (Å²) in [7, 11) is 0. The molecule has 0 saturated heterocycles. The van der Waals surface area contributed by atoms with Gasteiger partial charge in [-0.3, -0.25) is 9.79 Å². The van der Waals surface area contributed by atoms with Crippen LogP contribution in [0.1, 0.15) is 65.2 Å². The van der Waals surface area contributed by atoms with Gasteiger partial charge in [0, 0.05) is 17.7 Å². The molecule has 0 amide bonds. The standard InChI is InChI=1S/C12H13NO.C7H6O2.C5H12.CH4/c1-8(2)11-7-12(14)9-5-3-4-6-10(9)13-11;1-2-4-7-6(3-1)8-5-9-7;1-4-5(2)3;/h3-6,8H,7H2,1-2H3;1-4H,5H2;5H,4H2,1-3H3;1H4. The van der Waals surface area contributed by atoms with Crippen molar-refractivity contribution in [1.29, 1.82) is 0 Å². The van der Waals surface area contributed by atoms with Gasteiger partial charge in [0.05, 0.1) is 5.69 Å². The summed E-state index contributed by atoms with van der Waals surface area (Å²) in [5.74, 6) is 3.12. The number of carbonyl (C=O) groups excluding carboxylic acids is 1. The molecule has 4 rings (SSSR count). The third kappa shape index (κ3) is 7.37. The Morgan fingerprint density at radius 2 is 1.45 bits per heavy atom. The molecule has 0 saturated carbocycles. The number of para-hydroxylation sites is 3. The molecule has 29 heavy (non-hydrogen) atoms. The Labute approximate surface area is 176 Å². The molecule has 0 spiro atoms. The van der Waals surface area contributed by atoms with Crippen LogP contribution >= 0.6 is 0 Å². The van der Waals surface area contributed by atoms with Crippen LogP contribution < -0.4 is 9.47 Å². The maximum atomic E-state index is 11.7. The van der Waals surface area contributed by atoms with Gasteiger partial charge in [-0.25, -0.2) is 0 Å². The maximum absolute atomic E-state index is 11.7. The Balaban J connectivity index is 0.000000242. The highest BCUT2D eigenvalue weighted by atomic mass is 16.7. The Morgan fingerprint density at radius 1 is 0.931 bits per heavy atom. The fourth-order valence-electron chi connectivity index (χ4n) is 2.44. The van der Waals surface area contributed by atoms with Crippen molar-refractivity contribution in [1.82, 2.24) is 0 Å². The zero-order valence-corrected chi connectivity index (χ0v) is 17.6. The lowest BCUT2D eigenvalue weighted by Crippen LogP contribution is -2.17. The molecule has 0 atom stereocenters. The molecule has 2 aromatic carbocycles. The number of aliphatic imine (C=N–C) groups is 1. The maximum Gasteiger partial charge on any atom is 0.231 e. The van der Waals surface area contributed by atoms with Gasteiger partial charge in [-0.05, 0) is 36.1 Å². The Hall–Kier alpha value is -2.62. The molecule has 2 heterocycles. The summed E-state index contributed by atoms with van der Waals surface area (Å²) in [4.78, 5) is 16.2. The number of ketones is 1. The normalized spacial score (nSPS) is 13.3. The van der Waals surface area contributed by atoms with Crippen LogP contribution in [-0.2, 0) is 0 Å². The molecule has 0 radical (unpaired) electrons. The monoisotopic (exact) mass is 397 g/mol. The number of hydrogen-bond donors (Lipinski definition) is 0. The van der Waals surface area contributed by atoms with E-state index in [1.165, 1.54) is 6.42 Å². The second kappa shape index (κ2) is 12.1. The minimum Gasteiger partial charge on any atom is -0.454 e. The van der Waals surface area contributed by atoms with Crippen LogP contribution in [0.4, 0.5) is 5.69 Å².